The Morgan fingerprint density at radius 2 is 2.25 bits per heavy atom. The first-order valence-corrected chi connectivity index (χ1v) is 7.84. The molecule has 2 amide bonds. The monoisotopic (exact) mass is 329 g/mol. The molecule has 1 N–H and O–H groups in total. The Morgan fingerprint density at radius 3 is 2.96 bits per heavy atom. The molecule has 0 aromatic carbocycles. The van der Waals surface area contributed by atoms with Crippen molar-refractivity contribution in [2.75, 3.05) is 6.54 Å². The Bertz CT molecular complexity index is 758. The predicted molar refractivity (Wildman–Crippen MR) is 83.8 cm³/mol. The average Bonchev–Trinajstić information content (AvgIpc) is 3.21. The fraction of sp³-hybridized carbons (Fsp3) is 0.438. The summed E-state index contributed by atoms with van der Waals surface area (Å²) in [5.74, 6) is 0.756. The molecule has 0 bridgehead atoms. The van der Waals surface area contributed by atoms with Gasteiger partial charge in [-0.05, 0) is 18.9 Å². The number of rotatable bonds is 4. The lowest BCUT2D eigenvalue weighted by molar-refractivity contribution is -0.119. The van der Waals surface area contributed by atoms with Crippen molar-refractivity contribution in [3.63, 3.8) is 0 Å². The topological polar surface area (TPSA) is 101 Å². The van der Waals surface area contributed by atoms with Crippen molar-refractivity contribution in [2.45, 2.75) is 39.3 Å². The molecule has 1 aliphatic heterocycles. The highest BCUT2D eigenvalue weighted by atomic mass is 16.3. The summed E-state index contributed by atoms with van der Waals surface area (Å²) in [5.41, 5.74) is 1.01. The highest BCUT2D eigenvalue weighted by Crippen LogP contribution is 2.31. The number of nitrogens with zero attached hydrogens (tertiary/aromatic N) is 4. The predicted octanol–water partition coefficient (Wildman–Crippen LogP) is 1.39. The van der Waals surface area contributed by atoms with Crippen LogP contribution in [0.4, 0.5) is 0 Å². The van der Waals surface area contributed by atoms with Gasteiger partial charge in [-0.15, -0.1) is 0 Å². The third-order valence-electron chi connectivity index (χ3n) is 3.90. The minimum Gasteiger partial charge on any atom is -0.448 e. The molecule has 24 heavy (non-hydrogen) atoms. The zero-order valence-electron chi connectivity index (χ0n) is 13.7. The quantitative estimate of drug-likeness (QED) is 0.909. The number of carbonyl (C=O) groups excluding carboxylic acids is 2. The van der Waals surface area contributed by atoms with Crippen LogP contribution < -0.4 is 5.32 Å². The van der Waals surface area contributed by atoms with Gasteiger partial charge in [0.2, 0.25) is 5.91 Å². The molecule has 2 aromatic heterocycles. The smallest absolute Gasteiger partial charge is 0.276 e. The molecule has 0 aliphatic carbocycles. The molecule has 0 spiro atoms. The van der Waals surface area contributed by atoms with Crippen LogP contribution in [0.2, 0.25) is 0 Å². The van der Waals surface area contributed by atoms with Crippen LogP contribution >= 0.6 is 0 Å². The molecule has 1 aliphatic rings. The molecule has 1 unspecified atom stereocenters. The number of aromatic nitrogens is 3. The first-order chi connectivity index (χ1) is 11.5. The standard InChI is InChI=1S/C16H19N5O3/c1-10(22)18-8-12-5-6-17-15(20-12)14-4-3-7-21(14)16(23)13-9-24-11(2)19-13/h5-6,9,14H,3-4,7-8H2,1-2H3,(H,18,22). The van der Waals surface area contributed by atoms with E-state index in [0.29, 0.717) is 36.2 Å². The molecule has 0 saturated carbocycles. The zero-order valence-corrected chi connectivity index (χ0v) is 13.7. The van der Waals surface area contributed by atoms with Crippen LogP contribution in [0.5, 0.6) is 0 Å². The van der Waals surface area contributed by atoms with Crippen molar-refractivity contribution >= 4 is 11.8 Å². The summed E-state index contributed by atoms with van der Waals surface area (Å²) in [6.45, 7) is 4.13. The van der Waals surface area contributed by atoms with E-state index in [0.717, 1.165) is 12.8 Å². The number of carbonyl (C=O) groups is 2. The van der Waals surface area contributed by atoms with Gasteiger partial charge in [0.25, 0.3) is 5.91 Å². The van der Waals surface area contributed by atoms with Gasteiger partial charge in [-0.3, -0.25) is 9.59 Å². The van der Waals surface area contributed by atoms with Gasteiger partial charge < -0.3 is 14.6 Å². The van der Waals surface area contributed by atoms with Gasteiger partial charge in [0, 0.05) is 26.6 Å². The fourth-order valence-corrected chi connectivity index (χ4v) is 2.77. The van der Waals surface area contributed by atoms with Gasteiger partial charge in [-0.2, -0.15) is 0 Å². The molecule has 3 heterocycles. The number of oxazole rings is 1. The van der Waals surface area contributed by atoms with Gasteiger partial charge in [-0.1, -0.05) is 0 Å². The van der Waals surface area contributed by atoms with Gasteiger partial charge in [0.1, 0.15) is 6.26 Å². The lowest BCUT2D eigenvalue weighted by Gasteiger charge is -2.22. The SMILES string of the molecule is CC(=O)NCc1ccnc(C2CCCN2C(=O)c2coc(C)n2)n1. The summed E-state index contributed by atoms with van der Waals surface area (Å²) >= 11 is 0. The van der Waals surface area contributed by atoms with E-state index < -0.39 is 0 Å². The summed E-state index contributed by atoms with van der Waals surface area (Å²) in [5, 5.41) is 2.71. The second-order valence-corrected chi connectivity index (χ2v) is 5.72. The summed E-state index contributed by atoms with van der Waals surface area (Å²) in [6.07, 6.45) is 4.71. The summed E-state index contributed by atoms with van der Waals surface area (Å²) in [6, 6.07) is 1.56. The molecule has 8 nitrogen and oxygen atoms in total. The molecular formula is C16H19N5O3. The Morgan fingerprint density at radius 1 is 1.42 bits per heavy atom. The van der Waals surface area contributed by atoms with E-state index in [4.69, 9.17) is 4.42 Å². The maximum atomic E-state index is 12.6. The Labute approximate surface area is 139 Å². The third kappa shape index (κ3) is 3.42. The Balaban J connectivity index is 1.79. The number of hydrogen-bond acceptors (Lipinski definition) is 6. The van der Waals surface area contributed by atoms with Crippen molar-refractivity contribution in [2.24, 2.45) is 0 Å². The summed E-state index contributed by atoms with van der Waals surface area (Å²) < 4.78 is 5.13. The Hall–Kier alpha value is -2.77. The molecule has 1 saturated heterocycles. The molecule has 1 atom stereocenters. The number of nitrogens with one attached hydrogen (secondary N) is 1. The van der Waals surface area contributed by atoms with Crippen LogP contribution in [-0.2, 0) is 11.3 Å². The highest BCUT2D eigenvalue weighted by molar-refractivity contribution is 5.92. The van der Waals surface area contributed by atoms with Crippen molar-refractivity contribution in [1.82, 2.24) is 25.2 Å². The van der Waals surface area contributed by atoms with Crippen LogP contribution in [0.3, 0.4) is 0 Å². The third-order valence-corrected chi connectivity index (χ3v) is 3.90. The second-order valence-electron chi connectivity index (χ2n) is 5.72. The first kappa shape index (κ1) is 16.1. The molecule has 0 radical (unpaired) electrons. The number of amides is 2. The van der Waals surface area contributed by atoms with Gasteiger partial charge in [-0.25, -0.2) is 15.0 Å². The molecular weight excluding hydrogens is 310 g/mol. The number of likely N-dealkylation sites (tertiary alicyclic amines) is 1. The maximum Gasteiger partial charge on any atom is 0.276 e. The molecule has 126 valence electrons. The molecule has 3 rings (SSSR count). The van der Waals surface area contributed by atoms with Crippen LogP contribution in [0.1, 0.15) is 53.7 Å². The summed E-state index contributed by atoms with van der Waals surface area (Å²) in [7, 11) is 0. The first-order valence-electron chi connectivity index (χ1n) is 7.84. The van der Waals surface area contributed by atoms with E-state index in [1.165, 1.54) is 13.2 Å². The zero-order chi connectivity index (χ0) is 17.1. The maximum absolute atomic E-state index is 12.6. The van der Waals surface area contributed by atoms with E-state index in [1.807, 2.05) is 0 Å². The normalized spacial score (nSPS) is 17.1. The Kier molecular flexibility index (Phi) is 4.54. The molecule has 8 heteroatoms. The minimum absolute atomic E-state index is 0.116. The van der Waals surface area contributed by atoms with Crippen LogP contribution in [0.15, 0.2) is 22.9 Å². The van der Waals surface area contributed by atoms with Crippen molar-refractivity contribution in [3.05, 3.63) is 41.6 Å². The van der Waals surface area contributed by atoms with Crippen LogP contribution in [-0.4, -0.2) is 38.2 Å². The fourth-order valence-electron chi connectivity index (χ4n) is 2.77. The lowest BCUT2D eigenvalue weighted by atomic mass is 10.2. The van der Waals surface area contributed by atoms with Gasteiger partial charge in [0.15, 0.2) is 17.4 Å². The van der Waals surface area contributed by atoms with E-state index in [1.54, 1.807) is 24.1 Å². The van der Waals surface area contributed by atoms with E-state index >= 15 is 0 Å². The lowest BCUT2D eigenvalue weighted by Crippen LogP contribution is -2.32. The van der Waals surface area contributed by atoms with Crippen molar-refractivity contribution < 1.29 is 14.0 Å². The molecule has 1 fully saturated rings. The molecule has 2 aromatic rings. The van der Waals surface area contributed by atoms with Gasteiger partial charge in [0.05, 0.1) is 18.3 Å². The number of hydrogen-bond donors (Lipinski definition) is 1. The highest BCUT2D eigenvalue weighted by Gasteiger charge is 2.33. The largest absolute Gasteiger partial charge is 0.448 e. The average molecular weight is 329 g/mol. The van der Waals surface area contributed by atoms with Crippen molar-refractivity contribution in [1.29, 1.82) is 0 Å². The van der Waals surface area contributed by atoms with Crippen molar-refractivity contribution in [3.8, 4) is 0 Å². The van der Waals surface area contributed by atoms with Crippen LogP contribution in [0, 0.1) is 6.92 Å². The van der Waals surface area contributed by atoms with E-state index in [-0.39, 0.29) is 17.9 Å². The van der Waals surface area contributed by atoms with Gasteiger partial charge >= 0.3 is 0 Å². The number of aryl methyl sites for hydroxylation is 1. The van der Waals surface area contributed by atoms with E-state index in [9.17, 15) is 9.59 Å². The van der Waals surface area contributed by atoms with E-state index in [2.05, 4.69) is 20.3 Å². The second kappa shape index (κ2) is 6.77. The van der Waals surface area contributed by atoms with Crippen LogP contribution in [0.25, 0.3) is 0 Å². The minimum atomic E-state index is -0.188. The summed E-state index contributed by atoms with van der Waals surface area (Å²) in [4.78, 5) is 38.3.